The summed E-state index contributed by atoms with van der Waals surface area (Å²) in [4.78, 5) is 18.8. The molecule has 2 rings (SSSR count). The molecule has 1 unspecified atom stereocenters. The fourth-order valence-corrected chi connectivity index (χ4v) is 2.75. The van der Waals surface area contributed by atoms with E-state index in [1.54, 1.807) is 18.2 Å². The predicted molar refractivity (Wildman–Crippen MR) is 100 cm³/mol. The molecule has 26 heavy (non-hydrogen) atoms. The minimum absolute atomic E-state index is 0.0628. The fourth-order valence-electron chi connectivity index (χ4n) is 2.75. The number of aliphatic hydroxyl groups excluding tert-OH is 1. The van der Waals surface area contributed by atoms with Crippen LogP contribution in [-0.2, 0) is 7.05 Å². The molecule has 7 nitrogen and oxygen atoms in total. The number of nitrogens with one attached hydrogen (secondary N) is 1. The van der Waals surface area contributed by atoms with Crippen LogP contribution in [-0.4, -0.2) is 52.4 Å². The van der Waals surface area contributed by atoms with Crippen molar-refractivity contribution >= 4 is 6.03 Å². The maximum Gasteiger partial charge on any atom is 0.318 e. The average Bonchev–Trinajstić information content (AvgIpc) is 3.08. The molecule has 0 bridgehead atoms. The lowest BCUT2D eigenvalue weighted by molar-refractivity contribution is 0.174. The third-order valence-electron chi connectivity index (χ3n) is 4.27. The zero-order valence-electron chi connectivity index (χ0n) is 15.7. The first-order valence-electron chi connectivity index (χ1n) is 8.88. The number of aryl methyl sites for hydroxylation is 1. The second-order valence-corrected chi connectivity index (χ2v) is 6.12. The van der Waals surface area contributed by atoms with E-state index < -0.39 is 6.04 Å². The van der Waals surface area contributed by atoms with E-state index in [1.165, 1.54) is 0 Å². The second kappa shape index (κ2) is 9.82. The number of aromatic nitrogens is 2. The Hall–Kier alpha value is -2.54. The van der Waals surface area contributed by atoms with Crippen LogP contribution in [0.25, 0.3) is 0 Å². The van der Waals surface area contributed by atoms with Crippen molar-refractivity contribution in [2.75, 3.05) is 26.8 Å². The summed E-state index contributed by atoms with van der Waals surface area (Å²) in [6.07, 6.45) is 5.43. The molecule has 7 heteroatoms. The van der Waals surface area contributed by atoms with E-state index in [0.717, 1.165) is 30.0 Å². The van der Waals surface area contributed by atoms with Gasteiger partial charge in [-0.1, -0.05) is 25.5 Å². The molecule has 1 atom stereocenters. The van der Waals surface area contributed by atoms with Crippen molar-refractivity contribution in [3.05, 3.63) is 48.0 Å². The number of amides is 2. The topological polar surface area (TPSA) is 79.6 Å². The number of rotatable bonds is 9. The maximum atomic E-state index is 12.8. The lowest BCUT2D eigenvalue weighted by Gasteiger charge is -2.26. The van der Waals surface area contributed by atoms with Gasteiger partial charge in [0.25, 0.3) is 0 Å². The van der Waals surface area contributed by atoms with Gasteiger partial charge in [-0.15, -0.1) is 0 Å². The van der Waals surface area contributed by atoms with E-state index in [9.17, 15) is 9.90 Å². The van der Waals surface area contributed by atoms with E-state index in [0.29, 0.717) is 13.1 Å². The van der Waals surface area contributed by atoms with Gasteiger partial charge in [0.15, 0.2) is 0 Å². The van der Waals surface area contributed by atoms with E-state index in [2.05, 4.69) is 17.2 Å². The molecule has 0 aliphatic heterocycles. The van der Waals surface area contributed by atoms with Crippen molar-refractivity contribution in [1.82, 2.24) is 19.8 Å². The number of nitrogens with zero attached hydrogens (tertiary/aromatic N) is 3. The number of aliphatic hydroxyl groups is 1. The molecular weight excluding hydrogens is 332 g/mol. The summed E-state index contributed by atoms with van der Waals surface area (Å²) in [5.74, 6) is 1.49. The third kappa shape index (κ3) is 4.98. The molecule has 142 valence electrons. The van der Waals surface area contributed by atoms with Gasteiger partial charge >= 0.3 is 6.03 Å². The normalized spacial score (nSPS) is 11.8. The average molecular weight is 360 g/mol. The summed E-state index contributed by atoms with van der Waals surface area (Å²) >= 11 is 0. The molecule has 2 aromatic rings. The van der Waals surface area contributed by atoms with Crippen molar-refractivity contribution in [3.8, 4) is 5.75 Å². The van der Waals surface area contributed by atoms with Crippen molar-refractivity contribution in [1.29, 1.82) is 0 Å². The molecule has 0 saturated heterocycles. The van der Waals surface area contributed by atoms with E-state index >= 15 is 0 Å². The lowest BCUT2D eigenvalue weighted by Crippen LogP contribution is -2.44. The van der Waals surface area contributed by atoms with Crippen molar-refractivity contribution < 1.29 is 14.6 Å². The summed E-state index contributed by atoms with van der Waals surface area (Å²) < 4.78 is 7.10. The molecule has 0 radical (unpaired) electrons. The van der Waals surface area contributed by atoms with Crippen molar-refractivity contribution in [2.24, 2.45) is 7.05 Å². The van der Waals surface area contributed by atoms with Crippen LogP contribution in [0.1, 0.15) is 37.2 Å². The number of unbranched alkanes of at least 4 members (excludes halogenated alkanes) is 1. The minimum atomic E-state index is -0.392. The van der Waals surface area contributed by atoms with Crippen LogP contribution in [0.3, 0.4) is 0 Å². The van der Waals surface area contributed by atoms with Gasteiger partial charge in [-0.05, 0) is 24.1 Å². The highest BCUT2D eigenvalue weighted by molar-refractivity contribution is 5.75. The van der Waals surface area contributed by atoms with Crippen LogP contribution >= 0.6 is 0 Å². The van der Waals surface area contributed by atoms with Gasteiger partial charge in [0.1, 0.15) is 17.6 Å². The number of imidazole rings is 1. The standard InChI is InChI=1S/C19H28N4O3/c1-4-5-11-23(13-14-24)19(25)21-17(18-20-10-12-22(18)2)15-6-8-16(26-3)9-7-15/h6-10,12,17,24H,4-5,11,13-14H2,1-3H3,(H,21,25). The summed E-state index contributed by atoms with van der Waals surface area (Å²) in [6, 6.07) is 6.95. The van der Waals surface area contributed by atoms with Crippen LogP contribution in [0.4, 0.5) is 4.79 Å². The number of methoxy groups -OCH3 is 1. The highest BCUT2D eigenvalue weighted by atomic mass is 16.5. The van der Waals surface area contributed by atoms with Gasteiger partial charge in [-0.3, -0.25) is 0 Å². The molecule has 1 heterocycles. The number of hydrogen-bond donors (Lipinski definition) is 2. The molecule has 0 aliphatic rings. The highest BCUT2D eigenvalue weighted by Crippen LogP contribution is 2.23. The molecular formula is C19H28N4O3. The second-order valence-electron chi connectivity index (χ2n) is 6.12. The van der Waals surface area contributed by atoms with Gasteiger partial charge in [0, 0.05) is 32.5 Å². The van der Waals surface area contributed by atoms with E-state index in [4.69, 9.17) is 4.74 Å². The van der Waals surface area contributed by atoms with E-state index in [-0.39, 0.29) is 12.6 Å². The van der Waals surface area contributed by atoms with Crippen LogP contribution in [0.5, 0.6) is 5.75 Å². The number of carbonyl (C=O) groups excluding carboxylic acids is 1. The Bertz CT molecular complexity index is 684. The van der Waals surface area contributed by atoms with Crippen LogP contribution < -0.4 is 10.1 Å². The maximum absolute atomic E-state index is 12.8. The molecule has 0 aliphatic carbocycles. The Labute approximate surface area is 154 Å². The van der Waals surface area contributed by atoms with E-state index in [1.807, 2.05) is 42.1 Å². The molecule has 1 aromatic heterocycles. The Kier molecular flexibility index (Phi) is 7.47. The third-order valence-corrected chi connectivity index (χ3v) is 4.27. The molecule has 0 fully saturated rings. The zero-order valence-corrected chi connectivity index (χ0v) is 15.7. The number of carbonyl (C=O) groups is 1. The van der Waals surface area contributed by atoms with Gasteiger partial charge < -0.3 is 24.6 Å². The summed E-state index contributed by atoms with van der Waals surface area (Å²) in [5, 5.41) is 12.3. The number of urea groups is 1. The summed E-state index contributed by atoms with van der Waals surface area (Å²) in [6.45, 7) is 2.93. The molecule has 2 amide bonds. The Balaban J connectivity index is 2.25. The van der Waals surface area contributed by atoms with Gasteiger partial charge in [-0.25, -0.2) is 9.78 Å². The largest absolute Gasteiger partial charge is 0.497 e. The molecule has 0 spiro atoms. The van der Waals surface area contributed by atoms with Gasteiger partial charge in [-0.2, -0.15) is 0 Å². The van der Waals surface area contributed by atoms with Crippen molar-refractivity contribution in [2.45, 2.75) is 25.8 Å². The fraction of sp³-hybridized carbons (Fsp3) is 0.474. The first kappa shape index (κ1) is 19.8. The predicted octanol–water partition coefficient (Wildman–Crippen LogP) is 2.32. The SMILES string of the molecule is CCCCN(CCO)C(=O)NC(c1ccc(OC)cc1)c1nccn1C. The Morgan fingerprint density at radius 3 is 2.62 bits per heavy atom. The zero-order chi connectivity index (χ0) is 18.9. The quantitative estimate of drug-likeness (QED) is 0.719. The highest BCUT2D eigenvalue weighted by Gasteiger charge is 2.23. The summed E-state index contributed by atoms with van der Waals surface area (Å²) in [7, 11) is 3.51. The van der Waals surface area contributed by atoms with Crippen LogP contribution in [0.15, 0.2) is 36.7 Å². The van der Waals surface area contributed by atoms with Crippen LogP contribution in [0, 0.1) is 0 Å². The van der Waals surface area contributed by atoms with Crippen LogP contribution in [0.2, 0.25) is 0 Å². The molecule has 0 saturated carbocycles. The summed E-state index contributed by atoms with van der Waals surface area (Å²) in [5.41, 5.74) is 0.910. The van der Waals surface area contributed by atoms with Gasteiger partial charge in [0.2, 0.25) is 0 Å². The molecule has 2 N–H and O–H groups in total. The van der Waals surface area contributed by atoms with Crippen molar-refractivity contribution in [3.63, 3.8) is 0 Å². The lowest BCUT2D eigenvalue weighted by atomic mass is 10.1. The smallest absolute Gasteiger partial charge is 0.318 e. The monoisotopic (exact) mass is 360 g/mol. The minimum Gasteiger partial charge on any atom is -0.497 e. The number of hydrogen-bond acceptors (Lipinski definition) is 4. The first-order chi connectivity index (χ1) is 12.6. The number of benzene rings is 1. The first-order valence-corrected chi connectivity index (χ1v) is 8.88. The molecule has 1 aromatic carbocycles. The number of ether oxygens (including phenoxy) is 1. The Morgan fingerprint density at radius 1 is 1.35 bits per heavy atom. The Morgan fingerprint density at radius 2 is 2.08 bits per heavy atom. The van der Waals surface area contributed by atoms with Gasteiger partial charge in [0.05, 0.1) is 13.7 Å².